The first kappa shape index (κ1) is 19.9. The van der Waals surface area contributed by atoms with E-state index in [1.165, 1.54) is 12.1 Å². The highest BCUT2D eigenvalue weighted by atomic mass is 79.9. The fraction of sp³-hybridized carbons (Fsp3) is 0.400. The van der Waals surface area contributed by atoms with Crippen LogP contribution in [0.4, 0.5) is 9.18 Å². The zero-order valence-corrected chi connectivity index (χ0v) is 15.0. The van der Waals surface area contributed by atoms with Gasteiger partial charge in [-0.05, 0) is 39.0 Å². The fourth-order valence-corrected chi connectivity index (χ4v) is 1.78. The monoisotopic (exact) mass is 404 g/mol. The van der Waals surface area contributed by atoms with Gasteiger partial charge in [-0.3, -0.25) is 10.1 Å². The first-order valence-electron chi connectivity index (χ1n) is 6.92. The summed E-state index contributed by atoms with van der Waals surface area (Å²) in [5.74, 6) is -2.43. The van der Waals surface area contributed by atoms with Crippen molar-refractivity contribution >= 4 is 33.8 Å². The largest absolute Gasteiger partial charge is 0.479 e. The normalized spacial score (nSPS) is 10.7. The highest BCUT2D eigenvalue weighted by Crippen LogP contribution is 2.21. The van der Waals surface area contributed by atoms with Gasteiger partial charge in [-0.2, -0.15) is 0 Å². The molecule has 7 nitrogen and oxygen atoms in total. The highest BCUT2D eigenvalue weighted by Gasteiger charge is 2.17. The molecule has 3 amide bonds. The lowest BCUT2D eigenvalue weighted by Gasteiger charge is -2.20. The molecular weight excluding hydrogens is 387 g/mol. The lowest BCUT2D eigenvalue weighted by Crippen LogP contribution is -2.49. The number of benzene rings is 1. The molecule has 0 aliphatic heterocycles. The molecular formula is C15H18BrFN2O5. The summed E-state index contributed by atoms with van der Waals surface area (Å²) in [6.07, 6.45) is 0. The third-order valence-corrected chi connectivity index (χ3v) is 2.84. The van der Waals surface area contributed by atoms with Crippen LogP contribution in [-0.4, -0.2) is 36.7 Å². The molecule has 0 atom stereocenters. The third kappa shape index (κ3) is 7.91. The van der Waals surface area contributed by atoms with E-state index >= 15 is 0 Å². The lowest BCUT2D eigenvalue weighted by molar-refractivity contribution is -0.150. The van der Waals surface area contributed by atoms with Gasteiger partial charge in [0.05, 0.1) is 0 Å². The Morgan fingerprint density at radius 3 is 2.46 bits per heavy atom. The molecule has 2 N–H and O–H groups in total. The van der Waals surface area contributed by atoms with E-state index in [-0.39, 0.29) is 5.75 Å². The molecule has 0 unspecified atom stereocenters. The fourth-order valence-electron chi connectivity index (χ4n) is 1.45. The minimum Gasteiger partial charge on any atom is -0.479 e. The molecule has 0 aliphatic rings. The number of esters is 1. The summed E-state index contributed by atoms with van der Waals surface area (Å²) in [6, 6.07) is 3.38. The maximum atomic E-state index is 13.5. The average Bonchev–Trinajstić information content (AvgIpc) is 2.42. The summed E-state index contributed by atoms with van der Waals surface area (Å²) in [6.45, 7) is 4.02. The number of ether oxygens (including phenoxy) is 2. The molecule has 0 spiro atoms. The number of urea groups is 1. The van der Waals surface area contributed by atoms with E-state index in [0.717, 1.165) is 0 Å². The van der Waals surface area contributed by atoms with Crippen LogP contribution in [0.3, 0.4) is 0 Å². The molecule has 24 heavy (non-hydrogen) atoms. The number of hydrogen-bond acceptors (Lipinski definition) is 5. The van der Waals surface area contributed by atoms with Crippen molar-refractivity contribution in [2.75, 3.05) is 13.2 Å². The molecule has 0 fully saturated rings. The number of hydrogen-bond donors (Lipinski definition) is 2. The van der Waals surface area contributed by atoms with Crippen LogP contribution in [0, 0.1) is 5.82 Å². The Kier molecular flexibility index (Phi) is 7.15. The van der Waals surface area contributed by atoms with Crippen LogP contribution in [0.5, 0.6) is 5.75 Å². The van der Waals surface area contributed by atoms with E-state index in [2.05, 4.69) is 26.0 Å². The van der Waals surface area contributed by atoms with Crippen molar-refractivity contribution in [1.29, 1.82) is 0 Å². The molecule has 132 valence electrons. The number of rotatable bonds is 5. The summed E-state index contributed by atoms with van der Waals surface area (Å²) in [4.78, 5) is 34.3. The van der Waals surface area contributed by atoms with E-state index in [1.54, 1.807) is 26.8 Å². The molecule has 0 heterocycles. The van der Waals surface area contributed by atoms with Gasteiger partial charge in [0.1, 0.15) is 0 Å². The van der Waals surface area contributed by atoms with E-state index in [1.807, 2.05) is 5.32 Å². The van der Waals surface area contributed by atoms with E-state index in [0.29, 0.717) is 4.47 Å². The van der Waals surface area contributed by atoms with Gasteiger partial charge in [-0.1, -0.05) is 15.9 Å². The van der Waals surface area contributed by atoms with Gasteiger partial charge in [0.25, 0.3) is 5.91 Å². The second kappa shape index (κ2) is 8.62. The maximum absolute atomic E-state index is 13.5. The van der Waals surface area contributed by atoms with Gasteiger partial charge in [0.15, 0.2) is 24.8 Å². The topological polar surface area (TPSA) is 93.7 Å². The second-order valence-electron chi connectivity index (χ2n) is 5.78. The zero-order chi connectivity index (χ0) is 18.3. The smallest absolute Gasteiger partial charge is 0.344 e. The second-order valence-corrected chi connectivity index (χ2v) is 6.69. The summed E-state index contributed by atoms with van der Waals surface area (Å²) in [5, 5.41) is 4.52. The van der Waals surface area contributed by atoms with Crippen molar-refractivity contribution < 1.29 is 28.2 Å². The third-order valence-electron chi connectivity index (χ3n) is 2.35. The van der Waals surface area contributed by atoms with Gasteiger partial charge in [0, 0.05) is 10.0 Å². The molecule has 1 aromatic carbocycles. The van der Waals surface area contributed by atoms with Crippen molar-refractivity contribution in [3.63, 3.8) is 0 Å². The standard InChI is InChI=1S/C15H18BrFN2O5/c1-15(2,3)19-14(22)18-12(20)7-24-13(21)8-23-11-5-4-9(16)6-10(11)17/h4-6H,7-8H2,1-3H3,(H2,18,19,20,22). The number of imide groups is 1. The average molecular weight is 405 g/mol. The van der Waals surface area contributed by atoms with Gasteiger partial charge in [-0.25, -0.2) is 14.0 Å². The van der Waals surface area contributed by atoms with Crippen molar-refractivity contribution in [1.82, 2.24) is 10.6 Å². The predicted octanol–water partition coefficient (Wildman–Crippen LogP) is 2.13. The van der Waals surface area contributed by atoms with Crippen LogP contribution < -0.4 is 15.4 Å². The summed E-state index contributed by atoms with van der Waals surface area (Å²) >= 11 is 3.09. The highest BCUT2D eigenvalue weighted by molar-refractivity contribution is 9.10. The number of amides is 3. The van der Waals surface area contributed by atoms with Gasteiger partial charge in [-0.15, -0.1) is 0 Å². The van der Waals surface area contributed by atoms with Crippen LogP contribution in [-0.2, 0) is 14.3 Å². The number of halogens is 2. The molecule has 9 heteroatoms. The predicted molar refractivity (Wildman–Crippen MR) is 87.0 cm³/mol. The Bertz CT molecular complexity index is 631. The quantitative estimate of drug-likeness (QED) is 0.733. The van der Waals surface area contributed by atoms with Crippen LogP contribution in [0.2, 0.25) is 0 Å². The van der Waals surface area contributed by atoms with Gasteiger partial charge >= 0.3 is 12.0 Å². The number of carbonyl (C=O) groups is 3. The Morgan fingerprint density at radius 2 is 1.88 bits per heavy atom. The number of carbonyl (C=O) groups excluding carboxylic acids is 3. The summed E-state index contributed by atoms with van der Waals surface area (Å²) in [7, 11) is 0. The molecule has 0 saturated heterocycles. The van der Waals surface area contributed by atoms with Gasteiger partial charge in [0.2, 0.25) is 0 Å². The molecule has 0 radical (unpaired) electrons. The molecule has 1 rings (SSSR count). The minimum atomic E-state index is -0.872. The first-order chi connectivity index (χ1) is 11.1. The van der Waals surface area contributed by atoms with Crippen molar-refractivity contribution in [3.8, 4) is 5.75 Å². The molecule has 1 aromatic rings. The lowest BCUT2D eigenvalue weighted by atomic mass is 10.1. The van der Waals surface area contributed by atoms with Crippen molar-refractivity contribution in [3.05, 3.63) is 28.5 Å². The SMILES string of the molecule is CC(C)(C)NC(=O)NC(=O)COC(=O)COc1ccc(Br)cc1F. The molecule has 0 bridgehead atoms. The first-order valence-corrected chi connectivity index (χ1v) is 7.71. The summed E-state index contributed by atoms with van der Waals surface area (Å²) in [5.41, 5.74) is -0.510. The van der Waals surface area contributed by atoms with Crippen molar-refractivity contribution in [2.45, 2.75) is 26.3 Å². The molecule has 0 aromatic heterocycles. The van der Waals surface area contributed by atoms with Crippen molar-refractivity contribution in [2.24, 2.45) is 0 Å². The summed E-state index contributed by atoms with van der Waals surface area (Å²) < 4.78 is 23.6. The van der Waals surface area contributed by atoms with E-state index in [4.69, 9.17) is 4.74 Å². The Hall–Kier alpha value is -2.16. The van der Waals surface area contributed by atoms with E-state index in [9.17, 15) is 18.8 Å². The van der Waals surface area contributed by atoms with Crippen LogP contribution in [0.15, 0.2) is 22.7 Å². The Balaban J connectivity index is 2.33. The van der Waals surface area contributed by atoms with Crippen LogP contribution in [0.25, 0.3) is 0 Å². The molecule has 0 aliphatic carbocycles. The van der Waals surface area contributed by atoms with E-state index < -0.39 is 42.5 Å². The Morgan fingerprint density at radius 1 is 1.21 bits per heavy atom. The minimum absolute atomic E-state index is 0.121. The Labute approximate surface area is 147 Å². The maximum Gasteiger partial charge on any atom is 0.344 e. The van der Waals surface area contributed by atoms with Gasteiger partial charge < -0.3 is 14.8 Å². The number of nitrogens with one attached hydrogen (secondary N) is 2. The molecule has 0 saturated carbocycles. The van der Waals surface area contributed by atoms with Crippen LogP contribution >= 0.6 is 15.9 Å². The zero-order valence-electron chi connectivity index (χ0n) is 13.4. The van der Waals surface area contributed by atoms with Crippen LogP contribution in [0.1, 0.15) is 20.8 Å².